The van der Waals surface area contributed by atoms with Crippen LogP contribution in [-0.4, -0.2) is 69.2 Å². The lowest BCUT2D eigenvalue weighted by Gasteiger charge is -2.32. The van der Waals surface area contributed by atoms with Gasteiger partial charge < -0.3 is 5.32 Å². The smallest absolute Gasteiger partial charge is 0.243 e. The van der Waals surface area contributed by atoms with E-state index in [1.54, 1.807) is 22.5 Å². The molecule has 0 spiro atoms. The minimum absolute atomic E-state index is 0.293. The average Bonchev–Trinajstić information content (AvgIpc) is 3.06. The van der Waals surface area contributed by atoms with Gasteiger partial charge in [-0.25, -0.2) is 8.42 Å². The van der Waals surface area contributed by atoms with Crippen LogP contribution >= 0.6 is 23.4 Å². The molecular formula is C15H22ClN3O2S2. The fraction of sp³-hybridized carbons (Fsp3) is 0.600. The molecule has 23 heavy (non-hydrogen) atoms. The third kappa shape index (κ3) is 3.70. The van der Waals surface area contributed by atoms with Gasteiger partial charge in [-0.1, -0.05) is 11.6 Å². The summed E-state index contributed by atoms with van der Waals surface area (Å²) in [4.78, 5) is 3.59. The zero-order valence-electron chi connectivity index (χ0n) is 13.2. The zero-order chi connectivity index (χ0) is 16.4. The lowest BCUT2D eigenvalue weighted by molar-refractivity contribution is 0.179. The Balaban J connectivity index is 1.74. The van der Waals surface area contributed by atoms with Gasteiger partial charge in [-0.15, -0.1) is 11.8 Å². The van der Waals surface area contributed by atoms with Gasteiger partial charge >= 0.3 is 0 Å². The molecule has 0 amide bonds. The van der Waals surface area contributed by atoms with E-state index in [1.165, 1.54) is 11.8 Å². The number of thioether (sulfide) groups is 1. The summed E-state index contributed by atoms with van der Waals surface area (Å²) in [6.07, 6.45) is 2.82. The van der Waals surface area contributed by atoms with Crippen LogP contribution in [0.3, 0.4) is 0 Å². The number of halogens is 1. The second kappa shape index (κ2) is 7.29. The summed E-state index contributed by atoms with van der Waals surface area (Å²) in [5.74, 6) is 0. The van der Waals surface area contributed by atoms with Gasteiger partial charge in [0.15, 0.2) is 0 Å². The van der Waals surface area contributed by atoms with Gasteiger partial charge in [0.1, 0.15) is 0 Å². The van der Waals surface area contributed by atoms with Crippen molar-refractivity contribution in [2.75, 3.05) is 45.5 Å². The highest BCUT2D eigenvalue weighted by atomic mass is 35.5. The van der Waals surface area contributed by atoms with Gasteiger partial charge in [0.2, 0.25) is 10.0 Å². The van der Waals surface area contributed by atoms with E-state index in [1.807, 2.05) is 6.26 Å². The number of nitrogens with zero attached hydrogens (tertiary/aromatic N) is 2. The van der Waals surface area contributed by atoms with Crippen molar-refractivity contribution in [3.63, 3.8) is 0 Å². The van der Waals surface area contributed by atoms with E-state index in [9.17, 15) is 8.42 Å². The standard InChI is InChI=1S/C15H22ClN3O2S2/c1-22-15-3-2-13(10-14(15)16)23(20,21)19-7-4-12(11-19)18-8-5-17-6-9-18/h2-3,10,12,17H,4-9,11H2,1H3. The predicted octanol–water partition coefficient (Wildman–Crippen LogP) is 1.73. The van der Waals surface area contributed by atoms with Crippen LogP contribution in [0.15, 0.2) is 28.0 Å². The Bertz CT molecular complexity index is 663. The quantitative estimate of drug-likeness (QED) is 0.812. The van der Waals surface area contributed by atoms with Crippen LogP contribution in [0.5, 0.6) is 0 Å². The number of nitrogens with one attached hydrogen (secondary N) is 1. The predicted molar refractivity (Wildman–Crippen MR) is 94.8 cm³/mol. The number of rotatable bonds is 4. The monoisotopic (exact) mass is 375 g/mol. The van der Waals surface area contributed by atoms with Crippen LogP contribution in [0, 0.1) is 0 Å². The van der Waals surface area contributed by atoms with Crippen LogP contribution in [0.1, 0.15) is 6.42 Å². The first-order valence-electron chi connectivity index (χ1n) is 7.81. The molecule has 0 aromatic heterocycles. The number of benzene rings is 1. The van der Waals surface area contributed by atoms with Crippen molar-refractivity contribution in [1.82, 2.24) is 14.5 Å². The summed E-state index contributed by atoms with van der Waals surface area (Å²) in [7, 11) is -3.46. The molecule has 3 rings (SSSR count). The SMILES string of the molecule is CSc1ccc(S(=O)(=O)N2CCC(N3CCNCC3)C2)cc1Cl. The molecule has 2 aliphatic rings. The first-order valence-corrected chi connectivity index (χ1v) is 10.8. The molecule has 1 aromatic carbocycles. The maximum Gasteiger partial charge on any atom is 0.243 e. The molecule has 0 radical (unpaired) electrons. The Morgan fingerprint density at radius 2 is 2.00 bits per heavy atom. The molecule has 128 valence electrons. The lowest BCUT2D eigenvalue weighted by atomic mass is 10.2. The summed E-state index contributed by atoms with van der Waals surface area (Å²) >= 11 is 7.69. The van der Waals surface area contributed by atoms with Crippen LogP contribution < -0.4 is 5.32 Å². The zero-order valence-corrected chi connectivity index (χ0v) is 15.6. The highest BCUT2D eigenvalue weighted by Gasteiger charge is 2.35. The van der Waals surface area contributed by atoms with E-state index >= 15 is 0 Å². The maximum atomic E-state index is 12.8. The Labute approximate surface area is 147 Å². The number of piperazine rings is 1. The van der Waals surface area contributed by atoms with E-state index in [4.69, 9.17) is 11.6 Å². The van der Waals surface area contributed by atoms with Crippen LogP contribution in [0.2, 0.25) is 5.02 Å². The normalized spacial score (nSPS) is 24.2. The van der Waals surface area contributed by atoms with Gasteiger partial charge in [0.25, 0.3) is 0 Å². The average molecular weight is 376 g/mol. The largest absolute Gasteiger partial charge is 0.314 e. The molecule has 8 heteroatoms. The molecule has 5 nitrogen and oxygen atoms in total. The van der Waals surface area contributed by atoms with Gasteiger partial charge in [-0.3, -0.25) is 4.90 Å². The van der Waals surface area contributed by atoms with Crippen LogP contribution in [0.25, 0.3) is 0 Å². The fourth-order valence-electron chi connectivity index (χ4n) is 3.23. The van der Waals surface area contributed by atoms with Gasteiger partial charge in [0, 0.05) is 50.2 Å². The van der Waals surface area contributed by atoms with E-state index in [0.717, 1.165) is 37.5 Å². The molecule has 1 atom stereocenters. The van der Waals surface area contributed by atoms with Crippen molar-refractivity contribution in [3.05, 3.63) is 23.2 Å². The third-order valence-corrected chi connectivity index (χ3v) is 7.64. The van der Waals surface area contributed by atoms with E-state index in [2.05, 4.69) is 10.2 Å². The molecule has 2 fully saturated rings. The Morgan fingerprint density at radius 3 is 2.65 bits per heavy atom. The molecule has 1 N–H and O–H groups in total. The minimum atomic E-state index is -3.46. The molecule has 2 aliphatic heterocycles. The molecule has 0 aliphatic carbocycles. The van der Waals surface area contributed by atoms with E-state index < -0.39 is 10.0 Å². The Hall–Kier alpha value is -0.310. The van der Waals surface area contributed by atoms with Crippen molar-refractivity contribution in [2.45, 2.75) is 22.3 Å². The lowest BCUT2D eigenvalue weighted by Crippen LogP contribution is -2.49. The number of hydrogen-bond acceptors (Lipinski definition) is 5. The first-order chi connectivity index (χ1) is 11.0. The Kier molecular flexibility index (Phi) is 5.55. The molecule has 1 unspecified atom stereocenters. The van der Waals surface area contributed by atoms with Crippen LogP contribution in [0.4, 0.5) is 0 Å². The highest BCUT2D eigenvalue weighted by Crippen LogP contribution is 2.30. The topological polar surface area (TPSA) is 52.7 Å². The molecule has 0 saturated carbocycles. The second-order valence-electron chi connectivity index (χ2n) is 5.89. The highest BCUT2D eigenvalue weighted by molar-refractivity contribution is 7.98. The van der Waals surface area contributed by atoms with Crippen LogP contribution in [-0.2, 0) is 10.0 Å². The molecule has 2 saturated heterocycles. The molecule has 2 heterocycles. The number of hydrogen-bond donors (Lipinski definition) is 1. The minimum Gasteiger partial charge on any atom is -0.314 e. The molecular weight excluding hydrogens is 354 g/mol. The van der Waals surface area contributed by atoms with Crippen molar-refractivity contribution in [3.8, 4) is 0 Å². The summed E-state index contributed by atoms with van der Waals surface area (Å²) in [5, 5.41) is 3.83. The molecule has 1 aromatic rings. The van der Waals surface area contributed by atoms with Gasteiger partial charge in [-0.05, 0) is 30.9 Å². The fourth-order valence-corrected chi connectivity index (χ4v) is 5.68. The van der Waals surface area contributed by atoms with Crippen molar-refractivity contribution < 1.29 is 8.42 Å². The summed E-state index contributed by atoms with van der Waals surface area (Å²) in [6, 6.07) is 5.34. The van der Waals surface area contributed by atoms with E-state index in [-0.39, 0.29) is 0 Å². The van der Waals surface area contributed by atoms with Gasteiger partial charge in [0.05, 0.1) is 9.92 Å². The number of sulfonamides is 1. The molecule has 0 bridgehead atoms. The maximum absolute atomic E-state index is 12.8. The van der Waals surface area contributed by atoms with Crippen molar-refractivity contribution in [1.29, 1.82) is 0 Å². The van der Waals surface area contributed by atoms with Gasteiger partial charge in [-0.2, -0.15) is 4.31 Å². The van der Waals surface area contributed by atoms with Crippen molar-refractivity contribution in [2.24, 2.45) is 0 Å². The first kappa shape index (κ1) is 17.5. The van der Waals surface area contributed by atoms with Crippen molar-refractivity contribution >= 4 is 33.4 Å². The summed E-state index contributed by atoms with van der Waals surface area (Å²) < 4.78 is 27.3. The summed E-state index contributed by atoms with van der Waals surface area (Å²) in [5.41, 5.74) is 0. The summed E-state index contributed by atoms with van der Waals surface area (Å²) in [6.45, 7) is 5.10. The third-order valence-electron chi connectivity index (χ3n) is 4.56. The second-order valence-corrected chi connectivity index (χ2v) is 9.08. The Morgan fingerprint density at radius 1 is 1.26 bits per heavy atom. The van der Waals surface area contributed by atoms with E-state index in [0.29, 0.717) is 29.0 Å².